The summed E-state index contributed by atoms with van der Waals surface area (Å²) in [6.07, 6.45) is 3.98. The first-order valence-electron chi connectivity index (χ1n) is 3.13. The SMILES string of the molecule is CC1=CC(N)(Br)NC(C)=C1. The van der Waals surface area contributed by atoms with Gasteiger partial charge in [0, 0.05) is 5.70 Å². The lowest BCUT2D eigenvalue weighted by molar-refractivity contribution is 0.642. The predicted octanol–water partition coefficient (Wildman–Crippen LogP) is 1.45. The van der Waals surface area contributed by atoms with Crippen molar-refractivity contribution in [2.45, 2.75) is 18.4 Å². The largest absolute Gasteiger partial charge is 0.359 e. The van der Waals surface area contributed by atoms with Crippen LogP contribution in [0.4, 0.5) is 0 Å². The Balaban J connectivity index is 2.88. The van der Waals surface area contributed by atoms with Crippen LogP contribution in [0.25, 0.3) is 0 Å². The van der Waals surface area contributed by atoms with Crippen molar-refractivity contribution in [3.05, 3.63) is 23.4 Å². The molecule has 1 unspecified atom stereocenters. The minimum absolute atomic E-state index is 0.546. The molecule has 3 heteroatoms. The van der Waals surface area contributed by atoms with Crippen LogP contribution in [0.5, 0.6) is 0 Å². The molecular weight excluding hydrogens is 192 g/mol. The van der Waals surface area contributed by atoms with Gasteiger partial charge < -0.3 is 5.32 Å². The Kier molecular flexibility index (Phi) is 1.88. The monoisotopic (exact) mass is 202 g/mol. The van der Waals surface area contributed by atoms with Gasteiger partial charge in [0.1, 0.15) is 0 Å². The van der Waals surface area contributed by atoms with E-state index in [1.165, 1.54) is 5.57 Å². The summed E-state index contributed by atoms with van der Waals surface area (Å²) in [5, 5.41) is 3.07. The standard InChI is InChI=1S/C7H11BrN2/c1-5-3-6(2)10-7(8,9)4-5/h3-4,10H,9H2,1-2H3. The van der Waals surface area contributed by atoms with Crippen LogP contribution in [0.3, 0.4) is 0 Å². The molecule has 0 saturated carbocycles. The molecule has 10 heavy (non-hydrogen) atoms. The smallest absolute Gasteiger partial charge is 0.163 e. The van der Waals surface area contributed by atoms with Crippen molar-refractivity contribution in [1.82, 2.24) is 5.32 Å². The number of allylic oxidation sites excluding steroid dienone is 3. The van der Waals surface area contributed by atoms with Crippen molar-refractivity contribution in [2.75, 3.05) is 0 Å². The summed E-state index contributed by atoms with van der Waals surface area (Å²) in [6.45, 7) is 4.01. The summed E-state index contributed by atoms with van der Waals surface area (Å²) in [5.74, 6) is 0. The Bertz CT molecular complexity index is 204. The van der Waals surface area contributed by atoms with Crippen molar-refractivity contribution in [3.63, 3.8) is 0 Å². The first-order valence-corrected chi connectivity index (χ1v) is 3.93. The van der Waals surface area contributed by atoms with Gasteiger partial charge in [0.25, 0.3) is 0 Å². The van der Waals surface area contributed by atoms with E-state index < -0.39 is 4.57 Å². The number of hydrogen-bond acceptors (Lipinski definition) is 2. The zero-order valence-corrected chi connectivity index (χ0v) is 7.70. The number of halogens is 1. The van der Waals surface area contributed by atoms with Gasteiger partial charge in [-0.15, -0.1) is 0 Å². The highest BCUT2D eigenvalue weighted by Crippen LogP contribution is 2.18. The van der Waals surface area contributed by atoms with Gasteiger partial charge in [-0.1, -0.05) is 0 Å². The van der Waals surface area contributed by atoms with Gasteiger partial charge >= 0.3 is 0 Å². The Hall–Kier alpha value is -0.280. The van der Waals surface area contributed by atoms with E-state index in [0.29, 0.717) is 0 Å². The quantitative estimate of drug-likeness (QED) is 0.461. The molecule has 0 aromatic heterocycles. The molecule has 1 aliphatic heterocycles. The molecule has 1 aliphatic rings. The molecule has 56 valence electrons. The zero-order valence-electron chi connectivity index (χ0n) is 6.11. The molecule has 1 heterocycles. The average Bonchev–Trinajstić information content (AvgIpc) is 1.54. The number of hydrogen-bond donors (Lipinski definition) is 2. The number of dihydropyridines is 1. The molecule has 2 nitrogen and oxygen atoms in total. The third kappa shape index (κ3) is 1.85. The zero-order chi connectivity index (χ0) is 7.78. The fourth-order valence-corrected chi connectivity index (χ4v) is 1.76. The second-order valence-corrected chi connectivity index (χ2v) is 3.92. The van der Waals surface area contributed by atoms with Crippen molar-refractivity contribution >= 4 is 15.9 Å². The van der Waals surface area contributed by atoms with Crippen LogP contribution in [-0.4, -0.2) is 4.57 Å². The fraction of sp³-hybridized carbons (Fsp3) is 0.429. The maximum absolute atomic E-state index is 5.75. The van der Waals surface area contributed by atoms with Crippen LogP contribution >= 0.6 is 15.9 Å². The maximum atomic E-state index is 5.75. The molecule has 0 radical (unpaired) electrons. The summed E-state index contributed by atoms with van der Waals surface area (Å²) < 4.78 is -0.546. The lowest BCUT2D eigenvalue weighted by Crippen LogP contribution is -2.46. The lowest BCUT2D eigenvalue weighted by atomic mass is 10.1. The molecule has 0 amide bonds. The first kappa shape index (κ1) is 7.82. The van der Waals surface area contributed by atoms with Crippen LogP contribution in [0, 0.1) is 0 Å². The summed E-state index contributed by atoms with van der Waals surface area (Å²) in [4.78, 5) is 0. The molecule has 0 bridgehead atoms. The normalized spacial score (nSPS) is 32.4. The Morgan fingerprint density at radius 1 is 1.60 bits per heavy atom. The summed E-state index contributed by atoms with van der Waals surface area (Å²) >= 11 is 3.32. The molecule has 0 aliphatic carbocycles. The minimum atomic E-state index is -0.546. The second kappa shape index (κ2) is 2.40. The number of rotatable bonds is 0. The van der Waals surface area contributed by atoms with Crippen LogP contribution < -0.4 is 11.1 Å². The number of nitrogens with two attached hydrogens (primary N) is 1. The molecular formula is C7H11BrN2. The highest BCUT2D eigenvalue weighted by molar-refractivity contribution is 9.10. The van der Waals surface area contributed by atoms with E-state index in [-0.39, 0.29) is 0 Å². The summed E-state index contributed by atoms with van der Waals surface area (Å²) in [5.41, 5.74) is 8.01. The Morgan fingerprint density at radius 3 is 2.60 bits per heavy atom. The molecule has 0 aromatic carbocycles. The summed E-state index contributed by atoms with van der Waals surface area (Å²) in [7, 11) is 0. The molecule has 0 fully saturated rings. The van der Waals surface area contributed by atoms with Crippen molar-refractivity contribution in [2.24, 2.45) is 5.73 Å². The van der Waals surface area contributed by atoms with E-state index in [0.717, 1.165) is 5.70 Å². The molecule has 0 saturated heterocycles. The van der Waals surface area contributed by atoms with Gasteiger partial charge in [0.15, 0.2) is 4.57 Å². The Labute approximate surface area is 69.3 Å². The third-order valence-electron chi connectivity index (χ3n) is 1.27. The molecule has 0 aromatic rings. The predicted molar refractivity (Wildman–Crippen MR) is 46.5 cm³/mol. The van der Waals surface area contributed by atoms with E-state index in [9.17, 15) is 0 Å². The van der Waals surface area contributed by atoms with Gasteiger partial charge in [0.2, 0.25) is 0 Å². The van der Waals surface area contributed by atoms with Crippen molar-refractivity contribution in [1.29, 1.82) is 0 Å². The van der Waals surface area contributed by atoms with Crippen molar-refractivity contribution in [3.8, 4) is 0 Å². The average molecular weight is 203 g/mol. The maximum Gasteiger partial charge on any atom is 0.163 e. The molecule has 3 N–H and O–H groups in total. The van der Waals surface area contributed by atoms with Gasteiger partial charge in [0.05, 0.1) is 0 Å². The number of nitrogens with one attached hydrogen (secondary N) is 1. The molecule has 0 spiro atoms. The lowest BCUT2D eigenvalue weighted by Gasteiger charge is -2.26. The highest BCUT2D eigenvalue weighted by atomic mass is 79.9. The van der Waals surface area contributed by atoms with Crippen LogP contribution in [0.1, 0.15) is 13.8 Å². The first-order chi connectivity index (χ1) is 4.49. The fourth-order valence-electron chi connectivity index (χ4n) is 1.09. The van der Waals surface area contributed by atoms with E-state index in [4.69, 9.17) is 5.73 Å². The topological polar surface area (TPSA) is 38.0 Å². The van der Waals surface area contributed by atoms with Crippen LogP contribution in [0.15, 0.2) is 23.4 Å². The van der Waals surface area contributed by atoms with Crippen LogP contribution in [-0.2, 0) is 0 Å². The molecule has 1 rings (SSSR count). The minimum Gasteiger partial charge on any atom is -0.359 e. The van der Waals surface area contributed by atoms with E-state index in [1.807, 2.05) is 26.0 Å². The summed E-state index contributed by atoms with van der Waals surface area (Å²) in [6, 6.07) is 0. The highest BCUT2D eigenvalue weighted by Gasteiger charge is 2.19. The van der Waals surface area contributed by atoms with Gasteiger partial charge in [-0.05, 0) is 47.5 Å². The van der Waals surface area contributed by atoms with E-state index in [2.05, 4.69) is 21.2 Å². The van der Waals surface area contributed by atoms with Gasteiger partial charge in [-0.25, -0.2) is 0 Å². The van der Waals surface area contributed by atoms with Gasteiger partial charge in [-0.2, -0.15) is 0 Å². The van der Waals surface area contributed by atoms with Gasteiger partial charge in [-0.3, -0.25) is 5.73 Å². The van der Waals surface area contributed by atoms with Crippen LogP contribution in [0.2, 0.25) is 0 Å². The molecule has 1 atom stereocenters. The van der Waals surface area contributed by atoms with Crippen molar-refractivity contribution < 1.29 is 0 Å². The van der Waals surface area contributed by atoms with E-state index >= 15 is 0 Å². The third-order valence-corrected chi connectivity index (χ3v) is 1.70. The number of alkyl halides is 1. The second-order valence-electron chi connectivity index (χ2n) is 2.61. The van der Waals surface area contributed by atoms with E-state index in [1.54, 1.807) is 0 Å². The Morgan fingerprint density at radius 2 is 2.20 bits per heavy atom.